The SMILES string of the molecule is O=C(N[C@@H](CCSSCC[C@H](NC(=O)OCC1c2ccccc2-c2ccccc21)C(=O)O)C(=O)O)OCC1c2ccccc2-c2ccccc21. The first-order chi connectivity index (χ1) is 24.3. The highest BCUT2D eigenvalue weighted by Crippen LogP contribution is 2.45. The average molecular weight is 713 g/mol. The minimum atomic E-state index is -1.18. The van der Waals surface area contributed by atoms with Gasteiger partial charge in [-0.15, -0.1) is 0 Å². The number of nitrogens with one attached hydrogen (secondary N) is 2. The number of fused-ring (bicyclic) bond motifs is 6. The fourth-order valence-corrected chi connectivity index (χ4v) is 8.71. The molecule has 2 aliphatic carbocycles. The number of amides is 2. The number of carbonyl (C=O) groups is 4. The van der Waals surface area contributed by atoms with Gasteiger partial charge >= 0.3 is 24.1 Å². The van der Waals surface area contributed by atoms with E-state index in [9.17, 15) is 29.4 Å². The van der Waals surface area contributed by atoms with E-state index in [2.05, 4.69) is 10.6 Å². The smallest absolute Gasteiger partial charge is 0.407 e. The second-order valence-electron chi connectivity index (χ2n) is 11.9. The van der Waals surface area contributed by atoms with Crippen LogP contribution in [0.5, 0.6) is 0 Å². The van der Waals surface area contributed by atoms with Gasteiger partial charge in [-0.05, 0) is 57.3 Å². The Hall–Kier alpha value is -4.94. The largest absolute Gasteiger partial charge is 0.480 e. The summed E-state index contributed by atoms with van der Waals surface area (Å²) in [5.41, 5.74) is 8.62. The number of hydrogen-bond acceptors (Lipinski definition) is 8. The van der Waals surface area contributed by atoms with E-state index in [1.165, 1.54) is 21.6 Å². The fourth-order valence-electron chi connectivity index (χ4n) is 6.53. The van der Waals surface area contributed by atoms with Crippen LogP contribution in [0.2, 0.25) is 0 Å². The molecular formula is C38H36N2O8S2. The number of ether oxygens (including phenoxy) is 2. The van der Waals surface area contributed by atoms with Crippen LogP contribution in [0.25, 0.3) is 22.3 Å². The highest BCUT2D eigenvalue weighted by molar-refractivity contribution is 8.76. The zero-order valence-electron chi connectivity index (χ0n) is 27.0. The number of aliphatic carboxylic acids is 2. The number of carboxylic acid groups (broad SMARTS) is 2. The lowest BCUT2D eigenvalue weighted by atomic mass is 9.98. The second kappa shape index (κ2) is 16.2. The first-order valence-corrected chi connectivity index (χ1v) is 18.7. The Morgan fingerprint density at radius 2 is 0.840 bits per heavy atom. The molecule has 6 rings (SSSR count). The van der Waals surface area contributed by atoms with Crippen LogP contribution in [0.1, 0.15) is 46.9 Å². The number of alkyl carbamates (subject to hydrolysis) is 2. The first kappa shape index (κ1) is 34.9. The van der Waals surface area contributed by atoms with Crippen molar-refractivity contribution in [2.75, 3.05) is 24.7 Å². The van der Waals surface area contributed by atoms with Crippen molar-refractivity contribution in [1.29, 1.82) is 0 Å². The van der Waals surface area contributed by atoms with Gasteiger partial charge in [0.25, 0.3) is 0 Å². The van der Waals surface area contributed by atoms with Gasteiger partial charge in [-0.1, -0.05) is 119 Å². The van der Waals surface area contributed by atoms with Gasteiger partial charge in [0.2, 0.25) is 0 Å². The van der Waals surface area contributed by atoms with Crippen LogP contribution in [0, 0.1) is 0 Å². The third-order valence-corrected chi connectivity index (χ3v) is 11.4. The summed E-state index contributed by atoms with van der Waals surface area (Å²) in [4.78, 5) is 49.0. The fraction of sp³-hybridized carbons (Fsp3) is 0.263. The van der Waals surface area contributed by atoms with Crippen molar-refractivity contribution >= 4 is 45.7 Å². The van der Waals surface area contributed by atoms with Gasteiger partial charge in [0.05, 0.1) is 0 Å². The predicted molar refractivity (Wildman–Crippen MR) is 193 cm³/mol. The van der Waals surface area contributed by atoms with Gasteiger partial charge in [-0.2, -0.15) is 0 Å². The van der Waals surface area contributed by atoms with E-state index in [-0.39, 0.29) is 37.9 Å². The monoisotopic (exact) mass is 712 g/mol. The molecule has 0 spiro atoms. The molecule has 0 bridgehead atoms. The van der Waals surface area contributed by atoms with Gasteiger partial charge < -0.3 is 30.3 Å². The molecule has 0 aromatic heterocycles. The summed E-state index contributed by atoms with van der Waals surface area (Å²) < 4.78 is 11.0. The van der Waals surface area contributed by atoms with Gasteiger partial charge in [-0.3, -0.25) is 0 Å². The Labute approximate surface area is 297 Å². The minimum Gasteiger partial charge on any atom is -0.480 e. The lowest BCUT2D eigenvalue weighted by Gasteiger charge is -2.18. The van der Waals surface area contributed by atoms with Gasteiger partial charge in [0, 0.05) is 23.3 Å². The zero-order valence-corrected chi connectivity index (χ0v) is 28.6. The van der Waals surface area contributed by atoms with Crippen LogP contribution >= 0.6 is 21.6 Å². The van der Waals surface area contributed by atoms with Crippen molar-refractivity contribution in [3.8, 4) is 22.3 Å². The molecule has 0 fully saturated rings. The summed E-state index contributed by atoms with van der Waals surface area (Å²) in [7, 11) is 2.71. The van der Waals surface area contributed by atoms with Crippen LogP contribution in [-0.2, 0) is 19.1 Å². The lowest BCUT2D eigenvalue weighted by molar-refractivity contribution is -0.140. The molecule has 0 saturated heterocycles. The Bertz CT molecular complexity index is 1660. The highest BCUT2D eigenvalue weighted by Gasteiger charge is 2.31. The van der Waals surface area contributed by atoms with Crippen LogP contribution in [0.4, 0.5) is 9.59 Å². The molecular weight excluding hydrogens is 677 g/mol. The molecule has 0 heterocycles. The Morgan fingerprint density at radius 3 is 1.14 bits per heavy atom. The minimum absolute atomic E-state index is 0.0750. The quantitative estimate of drug-likeness (QED) is 0.0740. The molecule has 2 atom stereocenters. The molecule has 258 valence electrons. The molecule has 2 aliphatic rings. The number of carbonyl (C=O) groups excluding carboxylic acids is 2. The summed E-state index contributed by atoms with van der Waals surface area (Å²) in [6, 6.07) is 29.5. The van der Waals surface area contributed by atoms with Crippen molar-refractivity contribution in [2.24, 2.45) is 0 Å². The molecule has 50 heavy (non-hydrogen) atoms. The second-order valence-corrected chi connectivity index (χ2v) is 14.6. The average Bonchev–Trinajstić information content (AvgIpc) is 3.62. The number of benzene rings is 4. The van der Waals surface area contributed by atoms with Crippen molar-refractivity contribution in [2.45, 2.75) is 36.8 Å². The number of hydrogen-bond donors (Lipinski definition) is 4. The summed E-state index contributed by atoms with van der Waals surface area (Å²) in [6.07, 6.45) is -1.34. The van der Waals surface area contributed by atoms with E-state index in [0.29, 0.717) is 11.5 Å². The van der Waals surface area contributed by atoms with Crippen molar-refractivity contribution in [3.63, 3.8) is 0 Å². The molecule has 4 aromatic rings. The van der Waals surface area contributed by atoms with Gasteiger partial charge in [-0.25, -0.2) is 19.2 Å². The van der Waals surface area contributed by atoms with Gasteiger partial charge in [0.1, 0.15) is 25.3 Å². The summed E-state index contributed by atoms with van der Waals surface area (Å²) in [6.45, 7) is 0.150. The van der Waals surface area contributed by atoms with E-state index < -0.39 is 36.2 Å². The van der Waals surface area contributed by atoms with Crippen molar-refractivity contribution in [1.82, 2.24) is 10.6 Å². The third kappa shape index (κ3) is 7.92. The van der Waals surface area contributed by atoms with Crippen molar-refractivity contribution < 1.29 is 38.9 Å². The molecule has 2 amide bonds. The Balaban J connectivity index is 0.904. The van der Waals surface area contributed by atoms with E-state index in [4.69, 9.17) is 9.47 Å². The summed E-state index contributed by atoms with van der Waals surface area (Å²) in [5, 5.41) is 24.3. The summed E-state index contributed by atoms with van der Waals surface area (Å²) >= 11 is 0. The zero-order chi connectivity index (χ0) is 35.0. The predicted octanol–water partition coefficient (Wildman–Crippen LogP) is 7.13. The van der Waals surface area contributed by atoms with E-state index in [0.717, 1.165) is 44.5 Å². The Morgan fingerprint density at radius 1 is 0.540 bits per heavy atom. The third-order valence-electron chi connectivity index (χ3n) is 8.93. The number of rotatable bonds is 15. The molecule has 4 aromatic carbocycles. The maximum absolute atomic E-state index is 12.6. The topological polar surface area (TPSA) is 151 Å². The van der Waals surface area contributed by atoms with Gasteiger partial charge in [0.15, 0.2) is 0 Å². The normalized spacial score (nSPS) is 14.0. The van der Waals surface area contributed by atoms with Crippen molar-refractivity contribution in [3.05, 3.63) is 119 Å². The maximum atomic E-state index is 12.6. The van der Waals surface area contributed by atoms with E-state index in [1.807, 2.05) is 97.1 Å². The highest BCUT2D eigenvalue weighted by atomic mass is 33.1. The maximum Gasteiger partial charge on any atom is 0.407 e. The van der Waals surface area contributed by atoms with E-state index in [1.54, 1.807) is 0 Å². The molecule has 12 heteroatoms. The van der Waals surface area contributed by atoms with E-state index >= 15 is 0 Å². The van der Waals surface area contributed by atoms with Crippen LogP contribution in [0.15, 0.2) is 97.1 Å². The van der Waals surface area contributed by atoms with Crippen LogP contribution < -0.4 is 10.6 Å². The van der Waals surface area contributed by atoms with Crippen LogP contribution in [0.3, 0.4) is 0 Å². The number of carboxylic acids is 2. The first-order valence-electron chi connectivity index (χ1n) is 16.2. The molecule has 4 N–H and O–H groups in total. The summed E-state index contributed by atoms with van der Waals surface area (Å²) in [5.74, 6) is -1.89. The molecule has 0 aliphatic heterocycles. The molecule has 0 radical (unpaired) electrons. The lowest BCUT2D eigenvalue weighted by Crippen LogP contribution is -2.42. The van der Waals surface area contributed by atoms with Crippen LogP contribution in [-0.4, -0.2) is 71.1 Å². The molecule has 10 nitrogen and oxygen atoms in total. The molecule has 0 saturated carbocycles. The Kier molecular flexibility index (Phi) is 11.3. The molecule has 0 unspecified atom stereocenters. The standard InChI is InChI=1S/C38H36N2O8S2/c41-35(42)33(39-37(45)47-21-31-27-13-5-1-9-23(27)24-10-2-6-14-28(24)31)17-19-49-50-20-18-34(36(43)44)40-38(46)48-22-32-29-15-7-3-11-25(29)26-12-4-8-16-30(26)32/h1-16,31-34H,17-22H2,(H,39,45)(H,40,46)(H,41,42)(H,43,44)/t33-,34-/m0/s1.